The molecule has 0 radical (unpaired) electrons. The third-order valence-electron chi connectivity index (χ3n) is 6.84. The van der Waals surface area contributed by atoms with Crippen LogP contribution in [0.3, 0.4) is 0 Å². The molecular weight excluding hydrogens is 384 g/mol. The lowest BCUT2D eigenvalue weighted by atomic mass is 9.73. The van der Waals surface area contributed by atoms with Gasteiger partial charge in [-0.25, -0.2) is 0 Å². The molecule has 2 aliphatic carbocycles. The maximum atomic E-state index is 13.6. The first kappa shape index (κ1) is 16.8. The Morgan fingerprint density at radius 2 is 0.968 bits per heavy atom. The normalized spacial score (nSPS) is 17.2. The van der Waals surface area contributed by atoms with Gasteiger partial charge in [-0.3, -0.25) is 9.59 Å². The molecule has 3 heteroatoms. The summed E-state index contributed by atoms with van der Waals surface area (Å²) in [6.45, 7) is 1.95. The molecule has 31 heavy (non-hydrogen) atoms. The number of rotatable bonds is 0. The highest BCUT2D eigenvalue weighted by Crippen LogP contribution is 2.51. The van der Waals surface area contributed by atoms with Gasteiger partial charge in [0, 0.05) is 38.9 Å². The van der Waals surface area contributed by atoms with Crippen molar-refractivity contribution in [2.24, 2.45) is 5.92 Å². The summed E-state index contributed by atoms with van der Waals surface area (Å²) >= 11 is 0. The van der Waals surface area contributed by atoms with Crippen molar-refractivity contribution in [1.29, 1.82) is 0 Å². The maximum absolute atomic E-state index is 13.6. The molecule has 0 aromatic heterocycles. The zero-order valence-electron chi connectivity index (χ0n) is 16.7. The van der Waals surface area contributed by atoms with Crippen molar-refractivity contribution in [3.8, 4) is 0 Å². The van der Waals surface area contributed by atoms with Crippen LogP contribution in [0, 0.1) is 5.92 Å². The van der Waals surface area contributed by atoms with E-state index in [2.05, 4.69) is 0 Å². The molecule has 3 nitrogen and oxygen atoms in total. The monoisotopic (exact) mass is 400 g/mol. The fourth-order valence-electron chi connectivity index (χ4n) is 5.48. The molecule has 0 N–H and O–H groups in total. The van der Waals surface area contributed by atoms with Gasteiger partial charge in [0.2, 0.25) is 0 Å². The van der Waals surface area contributed by atoms with Gasteiger partial charge in [-0.1, -0.05) is 79.7 Å². The van der Waals surface area contributed by atoms with Gasteiger partial charge in [-0.15, -0.1) is 0 Å². The van der Waals surface area contributed by atoms with Gasteiger partial charge in [0.25, 0.3) is 0 Å². The Morgan fingerprint density at radius 3 is 1.39 bits per heavy atom. The van der Waals surface area contributed by atoms with Gasteiger partial charge in [-0.05, 0) is 10.8 Å². The summed E-state index contributed by atoms with van der Waals surface area (Å²) in [4.78, 5) is 27.2. The zero-order chi connectivity index (χ0) is 20.9. The molecule has 0 saturated carbocycles. The number of benzene rings is 4. The lowest BCUT2D eigenvalue weighted by molar-refractivity contribution is 0.100. The van der Waals surface area contributed by atoms with Crippen LogP contribution in [0.15, 0.2) is 83.9 Å². The lowest BCUT2D eigenvalue weighted by Crippen LogP contribution is -2.29. The van der Waals surface area contributed by atoms with Crippen LogP contribution in [0.5, 0.6) is 0 Å². The Hall–Kier alpha value is -3.98. The quantitative estimate of drug-likeness (QED) is 0.354. The molecule has 0 atom stereocenters. The van der Waals surface area contributed by atoms with Crippen molar-refractivity contribution < 1.29 is 14.3 Å². The highest BCUT2D eigenvalue weighted by atomic mass is 16.5. The summed E-state index contributed by atoms with van der Waals surface area (Å²) in [5.74, 6) is 0.715. The van der Waals surface area contributed by atoms with Crippen LogP contribution < -0.4 is 0 Å². The number of hydrogen-bond acceptors (Lipinski definition) is 3. The Kier molecular flexibility index (Phi) is 3.02. The maximum Gasteiger partial charge on any atom is 0.194 e. The first-order valence-corrected chi connectivity index (χ1v) is 10.4. The van der Waals surface area contributed by atoms with E-state index in [4.69, 9.17) is 4.74 Å². The Bertz CT molecular complexity index is 1470. The fraction of sp³-hybridized carbons (Fsp3) is 0.0714. The topological polar surface area (TPSA) is 43.4 Å². The molecule has 146 valence electrons. The largest absolute Gasteiger partial charge is 0.455 e. The van der Waals surface area contributed by atoms with Crippen LogP contribution >= 0.6 is 0 Å². The predicted octanol–water partition coefficient (Wildman–Crippen LogP) is 6.17. The zero-order valence-corrected chi connectivity index (χ0v) is 16.7. The fourth-order valence-corrected chi connectivity index (χ4v) is 5.48. The summed E-state index contributed by atoms with van der Waals surface area (Å²) in [6.07, 6.45) is 0. The van der Waals surface area contributed by atoms with Gasteiger partial charge in [0.05, 0.1) is 11.1 Å². The first-order chi connectivity index (χ1) is 15.1. The molecule has 0 amide bonds. The molecule has 7 rings (SSSR count). The number of hydrogen-bond donors (Lipinski definition) is 0. The minimum absolute atomic E-state index is 0.0526. The van der Waals surface area contributed by atoms with E-state index in [-0.39, 0.29) is 17.5 Å². The molecule has 0 spiro atoms. The number of allylic oxidation sites excluding steroid dienone is 2. The van der Waals surface area contributed by atoms with E-state index < -0.39 is 0 Å². The first-order valence-electron chi connectivity index (χ1n) is 10.4. The number of carbonyl (C=O) groups excluding carboxylic acids is 2. The second-order valence-electron chi connectivity index (χ2n) is 8.39. The van der Waals surface area contributed by atoms with Crippen molar-refractivity contribution >= 4 is 44.6 Å². The third-order valence-corrected chi connectivity index (χ3v) is 6.84. The molecule has 0 unspecified atom stereocenters. The van der Waals surface area contributed by atoms with Gasteiger partial charge in [0.15, 0.2) is 11.6 Å². The molecule has 1 aliphatic heterocycles. The second kappa shape index (κ2) is 5.58. The van der Waals surface area contributed by atoms with E-state index in [0.29, 0.717) is 33.8 Å². The number of ether oxygens (including phenoxy) is 1. The average molecular weight is 400 g/mol. The number of Topliss-reactive ketones (excluding diaryl/α,β-unsaturated/α-hetero) is 2. The van der Waals surface area contributed by atoms with Gasteiger partial charge in [-0.2, -0.15) is 0 Å². The number of fused-ring (bicyclic) bond motifs is 2. The number of ketones is 2. The summed E-state index contributed by atoms with van der Waals surface area (Å²) in [5, 5.41) is 3.87. The van der Waals surface area contributed by atoms with Crippen LogP contribution in [0.1, 0.15) is 38.8 Å². The molecule has 0 fully saturated rings. The van der Waals surface area contributed by atoms with E-state index in [1.165, 1.54) is 0 Å². The summed E-state index contributed by atoms with van der Waals surface area (Å²) in [6, 6.07) is 23.6. The van der Waals surface area contributed by atoms with Crippen LogP contribution in [0.2, 0.25) is 0 Å². The van der Waals surface area contributed by atoms with Crippen molar-refractivity contribution in [1.82, 2.24) is 0 Å². The highest BCUT2D eigenvalue weighted by Gasteiger charge is 2.43. The Labute approximate surface area is 178 Å². The van der Waals surface area contributed by atoms with E-state index in [1.807, 2.05) is 79.7 Å². The predicted molar refractivity (Wildman–Crippen MR) is 121 cm³/mol. The molecule has 3 aliphatic rings. The molecular formula is C28H16O3. The van der Waals surface area contributed by atoms with E-state index in [0.717, 1.165) is 32.7 Å². The molecule has 0 bridgehead atoms. The average Bonchev–Trinajstić information content (AvgIpc) is 2.80. The van der Waals surface area contributed by atoms with E-state index >= 15 is 0 Å². The minimum atomic E-state index is -0.356. The van der Waals surface area contributed by atoms with E-state index in [9.17, 15) is 9.59 Å². The summed E-state index contributed by atoms with van der Waals surface area (Å²) < 4.78 is 6.52. The van der Waals surface area contributed by atoms with Crippen molar-refractivity contribution in [2.45, 2.75) is 6.92 Å². The van der Waals surface area contributed by atoms with Crippen LogP contribution in [0.4, 0.5) is 0 Å². The lowest BCUT2D eigenvalue weighted by Gasteiger charge is -2.35. The third kappa shape index (κ3) is 1.94. The van der Waals surface area contributed by atoms with Gasteiger partial charge < -0.3 is 4.74 Å². The standard InChI is InChI=1S/C28H16O3/c1-14-21-25(29)17-10-2-6-15-8-4-12-19(23(15)17)27(21)31-28-20-13-5-9-16-7-3-11-18(24(16)20)26(30)22(14)28/h2-14H,1H3. The Balaban J connectivity index is 1.54. The minimum Gasteiger partial charge on any atom is -0.455 e. The molecule has 1 heterocycles. The summed E-state index contributed by atoms with van der Waals surface area (Å²) in [7, 11) is 0. The van der Waals surface area contributed by atoms with Crippen LogP contribution in [-0.4, -0.2) is 11.6 Å². The summed E-state index contributed by atoms with van der Waals surface area (Å²) in [5.41, 5.74) is 4.34. The molecule has 4 aromatic carbocycles. The van der Waals surface area contributed by atoms with Crippen molar-refractivity contribution in [3.05, 3.63) is 106 Å². The van der Waals surface area contributed by atoms with Crippen molar-refractivity contribution in [3.63, 3.8) is 0 Å². The van der Waals surface area contributed by atoms with Gasteiger partial charge >= 0.3 is 0 Å². The smallest absolute Gasteiger partial charge is 0.194 e. The van der Waals surface area contributed by atoms with E-state index in [1.54, 1.807) is 0 Å². The van der Waals surface area contributed by atoms with Crippen molar-refractivity contribution in [2.75, 3.05) is 0 Å². The van der Waals surface area contributed by atoms with Crippen LogP contribution in [0.25, 0.3) is 33.1 Å². The molecule has 4 aromatic rings. The van der Waals surface area contributed by atoms with Crippen LogP contribution in [-0.2, 0) is 4.74 Å². The number of carbonyl (C=O) groups is 2. The Morgan fingerprint density at radius 1 is 0.581 bits per heavy atom. The second-order valence-corrected chi connectivity index (χ2v) is 8.39. The molecule has 0 saturated heterocycles. The highest BCUT2D eigenvalue weighted by molar-refractivity contribution is 6.30. The van der Waals surface area contributed by atoms with Gasteiger partial charge in [0.1, 0.15) is 11.5 Å². The SMILES string of the molecule is CC1C2=C(OC3=C1C(=O)c1cccc4cccc3c14)c1cccc3cccc(c13)C2=O.